The van der Waals surface area contributed by atoms with E-state index in [-0.39, 0.29) is 12.3 Å². The van der Waals surface area contributed by atoms with Crippen LogP contribution in [-0.4, -0.2) is 25.5 Å². The van der Waals surface area contributed by atoms with Crippen molar-refractivity contribution in [1.82, 2.24) is 10.6 Å². The highest BCUT2D eigenvalue weighted by molar-refractivity contribution is 5.78. The molecule has 0 aliphatic carbocycles. The Morgan fingerprint density at radius 3 is 3.23 bits per heavy atom. The summed E-state index contributed by atoms with van der Waals surface area (Å²) in [6.45, 7) is 2.54. The number of rotatable bonds is 3. The number of hydrogen-bond donors (Lipinski definition) is 2. The van der Waals surface area contributed by atoms with E-state index in [4.69, 9.17) is 6.42 Å². The van der Waals surface area contributed by atoms with Gasteiger partial charge in [0, 0.05) is 13.1 Å². The van der Waals surface area contributed by atoms with Gasteiger partial charge in [0.1, 0.15) is 0 Å². The van der Waals surface area contributed by atoms with Gasteiger partial charge in [-0.25, -0.2) is 0 Å². The molecule has 0 atom stereocenters. The van der Waals surface area contributed by atoms with Gasteiger partial charge in [-0.1, -0.05) is 17.6 Å². The standard InChI is InChI=1S/C10H14N2O/c1-2-3-10(13)12-8-9-4-6-11-7-5-9/h1,4,11H,3,5-8H2,(H,12,13). The third-order valence-corrected chi connectivity index (χ3v) is 1.93. The van der Waals surface area contributed by atoms with Crippen LogP contribution in [0.15, 0.2) is 11.6 Å². The molecular formula is C10H14N2O. The van der Waals surface area contributed by atoms with Crippen molar-refractivity contribution >= 4 is 5.91 Å². The van der Waals surface area contributed by atoms with Crippen LogP contribution in [0.3, 0.4) is 0 Å². The lowest BCUT2D eigenvalue weighted by Gasteiger charge is -2.13. The molecule has 2 N–H and O–H groups in total. The summed E-state index contributed by atoms with van der Waals surface area (Å²) in [7, 11) is 0. The number of carbonyl (C=O) groups excluding carboxylic acids is 1. The van der Waals surface area contributed by atoms with Crippen molar-refractivity contribution in [3.05, 3.63) is 11.6 Å². The second kappa shape index (κ2) is 5.39. The molecule has 1 aliphatic rings. The first-order chi connectivity index (χ1) is 6.33. The fourth-order valence-corrected chi connectivity index (χ4v) is 1.20. The molecule has 0 fully saturated rings. The summed E-state index contributed by atoms with van der Waals surface area (Å²) in [4.78, 5) is 11.0. The molecule has 0 spiro atoms. The molecule has 0 saturated heterocycles. The van der Waals surface area contributed by atoms with E-state index in [9.17, 15) is 4.79 Å². The first-order valence-corrected chi connectivity index (χ1v) is 4.41. The minimum atomic E-state index is -0.0677. The quantitative estimate of drug-likeness (QED) is 0.473. The predicted octanol–water partition coefficient (Wildman–Crippen LogP) is 0.0456. The first-order valence-electron chi connectivity index (χ1n) is 4.41. The highest BCUT2D eigenvalue weighted by Gasteiger charge is 2.04. The largest absolute Gasteiger partial charge is 0.352 e. The van der Waals surface area contributed by atoms with Gasteiger partial charge in [0.05, 0.1) is 6.42 Å². The van der Waals surface area contributed by atoms with E-state index >= 15 is 0 Å². The molecule has 1 aliphatic heterocycles. The van der Waals surface area contributed by atoms with Gasteiger partial charge in [0.15, 0.2) is 0 Å². The molecule has 1 rings (SSSR count). The molecule has 0 radical (unpaired) electrons. The van der Waals surface area contributed by atoms with Gasteiger partial charge in [-0.05, 0) is 13.0 Å². The van der Waals surface area contributed by atoms with Crippen LogP contribution in [0, 0.1) is 12.3 Å². The summed E-state index contributed by atoms with van der Waals surface area (Å²) >= 11 is 0. The molecule has 0 unspecified atom stereocenters. The van der Waals surface area contributed by atoms with E-state index in [1.165, 1.54) is 5.57 Å². The molecule has 3 heteroatoms. The fourth-order valence-electron chi connectivity index (χ4n) is 1.20. The normalized spacial score (nSPS) is 15.8. The van der Waals surface area contributed by atoms with Crippen LogP contribution in [0.5, 0.6) is 0 Å². The maximum atomic E-state index is 11.0. The van der Waals surface area contributed by atoms with Gasteiger partial charge in [-0.15, -0.1) is 6.42 Å². The maximum absolute atomic E-state index is 11.0. The summed E-state index contributed by atoms with van der Waals surface area (Å²) in [5.41, 5.74) is 1.28. The third-order valence-electron chi connectivity index (χ3n) is 1.93. The van der Waals surface area contributed by atoms with Gasteiger partial charge in [-0.2, -0.15) is 0 Å². The van der Waals surface area contributed by atoms with E-state index in [2.05, 4.69) is 22.6 Å². The molecule has 13 heavy (non-hydrogen) atoms. The minimum Gasteiger partial charge on any atom is -0.352 e. The van der Waals surface area contributed by atoms with Crippen LogP contribution in [-0.2, 0) is 4.79 Å². The number of carbonyl (C=O) groups is 1. The van der Waals surface area contributed by atoms with Crippen molar-refractivity contribution < 1.29 is 4.79 Å². The summed E-state index contributed by atoms with van der Waals surface area (Å²) in [6.07, 6.45) is 8.30. The van der Waals surface area contributed by atoms with E-state index in [0.29, 0.717) is 6.54 Å². The first kappa shape index (κ1) is 9.82. The lowest BCUT2D eigenvalue weighted by molar-refractivity contribution is -0.119. The van der Waals surface area contributed by atoms with Crippen molar-refractivity contribution in [3.8, 4) is 12.3 Å². The Morgan fingerprint density at radius 1 is 1.77 bits per heavy atom. The number of nitrogens with one attached hydrogen (secondary N) is 2. The van der Waals surface area contributed by atoms with Crippen LogP contribution in [0.1, 0.15) is 12.8 Å². The van der Waals surface area contributed by atoms with Crippen LogP contribution in [0.25, 0.3) is 0 Å². The summed E-state index contributed by atoms with van der Waals surface area (Å²) in [6, 6.07) is 0. The molecule has 0 bridgehead atoms. The Morgan fingerprint density at radius 2 is 2.62 bits per heavy atom. The van der Waals surface area contributed by atoms with Gasteiger partial charge in [0.25, 0.3) is 0 Å². The maximum Gasteiger partial charge on any atom is 0.232 e. The monoisotopic (exact) mass is 178 g/mol. The van der Waals surface area contributed by atoms with E-state index in [1.54, 1.807) is 0 Å². The van der Waals surface area contributed by atoms with Gasteiger partial charge in [-0.3, -0.25) is 4.79 Å². The Hall–Kier alpha value is -1.27. The van der Waals surface area contributed by atoms with Crippen molar-refractivity contribution in [2.24, 2.45) is 0 Å². The van der Waals surface area contributed by atoms with Crippen molar-refractivity contribution in [1.29, 1.82) is 0 Å². The number of amides is 1. The molecule has 70 valence electrons. The lowest BCUT2D eigenvalue weighted by atomic mass is 10.1. The zero-order valence-corrected chi connectivity index (χ0v) is 7.60. The molecular weight excluding hydrogens is 164 g/mol. The molecule has 0 aromatic heterocycles. The summed E-state index contributed by atoms with van der Waals surface area (Å²) in [5.74, 6) is 2.24. The fraction of sp³-hybridized carbons (Fsp3) is 0.500. The molecule has 0 aromatic rings. The Bertz CT molecular complexity index is 250. The zero-order chi connectivity index (χ0) is 9.52. The van der Waals surface area contributed by atoms with E-state index in [1.807, 2.05) is 0 Å². The lowest BCUT2D eigenvalue weighted by Crippen LogP contribution is -2.29. The highest BCUT2D eigenvalue weighted by atomic mass is 16.1. The van der Waals surface area contributed by atoms with Crippen LogP contribution in [0.4, 0.5) is 0 Å². The minimum absolute atomic E-state index is 0.0677. The average Bonchev–Trinajstić information content (AvgIpc) is 2.17. The van der Waals surface area contributed by atoms with Crippen molar-refractivity contribution in [3.63, 3.8) is 0 Å². The predicted molar refractivity (Wildman–Crippen MR) is 52.0 cm³/mol. The molecule has 0 aromatic carbocycles. The Balaban J connectivity index is 2.22. The summed E-state index contributed by atoms with van der Waals surface area (Å²) < 4.78 is 0. The second-order valence-electron chi connectivity index (χ2n) is 2.97. The van der Waals surface area contributed by atoms with Crippen LogP contribution in [0.2, 0.25) is 0 Å². The average molecular weight is 178 g/mol. The third kappa shape index (κ3) is 3.77. The van der Waals surface area contributed by atoms with Gasteiger partial charge >= 0.3 is 0 Å². The van der Waals surface area contributed by atoms with Crippen LogP contribution >= 0.6 is 0 Å². The molecule has 3 nitrogen and oxygen atoms in total. The Labute approximate surface area is 78.6 Å². The molecule has 0 saturated carbocycles. The van der Waals surface area contributed by atoms with Crippen molar-refractivity contribution in [2.75, 3.05) is 19.6 Å². The number of terminal acetylenes is 1. The number of hydrogen-bond acceptors (Lipinski definition) is 2. The van der Waals surface area contributed by atoms with E-state index < -0.39 is 0 Å². The van der Waals surface area contributed by atoms with Gasteiger partial charge in [0.2, 0.25) is 5.91 Å². The molecule has 1 heterocycles. The highest BCUT2D eigenvalue weighted by Crippen LogP contribution is 2.01. The topological polar surface area (TPSA) is 41.1 Å². The second-order valence-corrected chi connectivity index (χ2v) is 2.97. The Kier molecular flexibility index (Phi) is 4.07. The van der Waals surface area contributed by atoms with E-state index in [0.717, 1.165) is 19.5 Å². The SMILES string of the molecule is C#CCC(=O)NCC1=CCNCC1. The van der Waals surface area contributed by atoms with Gasteiger partial charge < -0.3 is 10.6 Å². The van der Waals surface area contributed by atoms with Crippen LogP contribution < -0.4 is 10.6 Å². The van der Waals surface area contributed by atoms with Crippen molar-refractivity contribution in [2.45, 2.75) is 12.8 Å². The smallest absolute Gasteiger partial charge is 0.232 e. The zero-order valence-electron chi connectivity index (χ0n) is 7.60. The summed E-state index contributed by atoms with van der Waals surface area (Å²) in [5, 5.41) is 5.98. The molecule has 1 amide bonds.